The highest BCUT2D eigenvalue weighted by molar-refractivity contribution is 6.41. The van der Waals surface area contributed by atoms with Gasteiger partial charge in [-0.1, -0.05) is 72.3 Å². The summed E-state index contributed by atoms with van der Waals surface area (Å²) in [7, 11) is 0. The number of hydrazone groups is 1. The van der Waals surface area contributed by atoms with Crippen molar-refractivity contribution >= 4 is 23.9 Å². The summed E-state index contributed by atoms with van der Waals surface area (Å²) in [6.45, 7) is 4.91. The van der Waals surface area contributed by atoms with Gasteiger partial charge < -0.3 is 0 Å². The van der Waals surface area contributed by atoms with Gasteiger partial charge in [-0.3, -0.25) is 9.91 Å². The summed E-state index contributed by atoms with van der Waals surface area (Å²) in [6, 6.07) is 20.7. The largest absolute Gasteiger partial charge is 0.295 e. The van der Waals surface area contributed by atoms with Gasteiger partial charge in [0, 0.05) is 32.7 Å². The maximum atomic E-state index is 6.25. The molecule has 0 radical (unpaired) electrons. The monoisotopic (exact) mass is 339 g/mol. The van der Waals surface area contributed by atoms with Crippen LogP contribution in [0.3, 0.4) is 0 Å². The van der Waals surface area contributed by atoms with Crippen LogP contribution in [0.25, 0.3) is 6.08 Å². The van der Waals surface area contributed by atoms with Crippen molar-refractivity contribution in [1.29, 1.82) is 0 Å². The molecule has 0 bridgehead atoms. The molecule has 0 aromatic heterocycles. The minimum absolute atomic E-state index is 0.646. The van der Waals surface area contributed by atoms with Gasteiger partial charge in [-0.15, -0.1) is 0 Å². The zero-order chi connectivity index (χ0) is 16.6. The smallest absolute Gasteiger partial charge is 0.0657 e. The molecule has 0 amide bonds. The third kappa shape index (κ3) is 5.22. The molecule has 0 aliphatic carbocycles. The Kier molecular flexibility index (Phi) is 6.05. The zero-order valence-corrected chi connectivity index (χ0v) is 14.4. The Bertz CT molecular complexity index is 675. The number of piperazine rings is 1. The topological polar surface area (TPSA) is 18.8 Å². The van der Waals surface area contributed by atoms with Gasteiger partial charge in [0.25, 0.3) is 0 Å². The van der Waals surface area contributed by atoms with Crippen molar-refractivity contribution in [3.8, 4) is 0 Å². The fourth-order valence-electron chi connectivity index (χ4n) is 2.74. The van der Waals surface area contributed by atoms with Gasteiger partial charge in [-0.05, 0) is 17.2 Å². The Hall–Kier alpha value is -2.10. The molecule has 1 aliphatic heterocycles. The molecule has 0 N–H and O–H groups in total. The normalized spacial score (nSPS) is 16.7. The van der Waals surface area contributed by atoms with Gasteiger partial charge in [-0.2, -0.15) is 5.10 Å². The standard InChI is InChI=1S/C20H22ClN3/c21-20(15-18-7-3-1-4-8-18)16-22-24-13-11-23(12-14-24)17-19-9-5-2-6-10-19/h1-10,15-16H,11-14,17H2. The molecular weight excluding hydrogens is 318 g/mol. The number of rotatable bonds is 5. The second-order valence-corrected chi connectivity index (χ2v) is 6.34. The molecule has 1 saturated heterocycles. The number of benzene rings is 2. The van der Waals surface area contributed by atoms with E-state index in [9.17, 15) is 0 Å². The van der Waals surface area contributed by atoms with Crippen LogP contribution in [-0.2, 0) is 6.54 Å². The predicted molar refractivity (Wildman–Crippen MR) is 102 cm³/mol. The van der Waals surface area contributed by atoms with Gasteiger partial charge in [0.15, 0.2) is 0 Å². The van der Waals surface area contributed by atoms with E-state index in [1.165, 1.54) is 5.56 Å². The average molecular weight is 340 g/mol. The molecular formula is C20H22ClN3. The fraction of sp³-hybridized carbons (Fsp3) is 0.250. The van der Waals surface area contributed by atoms with Gasteiger partial charge >= 0.3 is 0 Å². The second-order valence-electron chi connectivity index (χ2n) is 5.90. The Morgan fingerprint density at radius 2 is 1.54 bits per heavy atom. The third-order valence-electron chi connectivity index (χ3n) is 4.05. The SMILES string of the molecule is ClC(C=NN1CCN(Cc2ccccc2)CC1)=Cc1ccccc1. The third-order valence-corrected chi connectivity index (χ3v) is 4.25. The molecule has 4 heteroatoms. The summed E-state index contributed by atoms with van der Waals surface area (Å²) < 4.78 is 0. The van der Waals surface area contributed by atoms with Crippen LogP contribution in [0.2, 0.25) is 0 Å². The fourth-order valence-corrected chi connectivity index (χ4v) is 2.90. The van der Waals surface area contributed by atoms with Crippen molar-refractivity contribution in [1.82, 2.24) is 9.91 Å². The number of allylic oxidation sites excluding steroid dienone is 1. The first kappa shape index (κ1) is 16.7. The molecule has 3 rings (SSSR count). The van der Waals surface area contributed by atoms with Crippen LogP contribution in [0.4, 0.5) is 0 Å². The van der Waals surface area contributed by atoms with Crippen LogP contribution >= 0.6 is 11.6 Å². The van der Waals surface area contributed by atoms with Crippen LogP contribution in [0, 0.1) is 0 Å². The molecule has 124 valence electrons. The summed E-state index contributed by atoms with van der Waals surface area (Å²) in [5.41, 5.74) is 2.45. The highest BCUT2D eigenvalue weighted by Crippen LogP contribution is 2.11. The molecule has 0 unspecified atom stereocenters. The van der Waals surface area contributed by atoms with Crippen LogP contribution in [-0.4, -0.2) is 42.3 Å². The molecule has 0 saturated carbocycles. The molecule has 24 heavy (non-hydrogen) atoms. The van der Waals surface area contributed by atoms with E-state index in [1.807, 2.05) is 36.4 Å². The van der Waals surface area contributed by atoms with E-state index in [-0.39, 0.29) is 0 Å². The first-order valence-electron chi connectivity index (χ1n) is 8.27. The summed E-state index contributed by atoms with van der Waals surface area (Å²) >= 11 is 6.25. The van der Waals surface area contributed by atoms with E-state index in [0.717, 1.165) is 38.3 Å². The van der Waals surface area contributed by atoms with Gasteiger partial charge in [-0.25, -0.2) is 0 Å². The lowest BCUT2D eigenvalue weighted by atomic mass is 10.2. The highest BCUT2D eigenvalue weighted by atomic mass is 35.5. The van der Waals surface area contributed by atoms with Crippen molar-refractivity contribution in [3.63, 3.8) is 0 Å². The number of halogens is 1. The van der Waals surface area contributed by atoms with Crippen LogP contribution in [0.1, 0.15) is 11.1 Å². The minimum Gasteiger partial charge on any atom is -0.295 e. The van der Waals surface area contributed by atoms with E-state index in [2.05, 4.69) is 45.3 Å². The highest BCUT2D eigenvalue weighted by Gasteiger charge is 2.15. The van der Waals surface area contributed by atoms with Crippen molar-refractivity contribution in [2.75, 3.05) is 26.2 Å². The lowest BCUT2D eigenvalue weighted by Gasteiger charge is -2.33. The van der Waals surface area contributed by atoms with E-state index in [4.69, 9.17) is 11.6 Å². The quantitative estimate of drug-likeness (QED) is 0.765. The second kappa shape index (κ2) is 8.67. The van der Waals surface area contributed by atoms with E-state index >= 15 is 0 Å². The van der Waals surface area contributed by atoms with Gasteiger partial charge in [0.05, 0.1) is 11.2 Å². The first-order chi connectivity index (χ1) is 11.8. The molecule has 1 fully saturated rings. The molecule has 3 nitrogen and oxygen atoms in total. The van der Waals surface area contributed by atoms with Gasteiger partial charge in [0.1, 0.15) is 0 Å². The summed E-state index contributed by atoms with van der Waals surface area (Å²) in [4.78, 5) is 2.46. The van der Waals surface area contributed by atoms with Crippen molar-refractivity contribution in [2.24, 2.45) is 5.10 Å². The van der Waals surface area contributed by atoms with E-state index in [1.54, 1.807) is 6.21 Å². The van der Waals surface area contributed by atoms with E-state index < -0.39 is 0 Å². The Morgan fingerprint density at radius 1 is 0.917 bits per heavy atom. The Balaban J connectivity index is 1.47. The maximum absolute atomic E-state index is 6.25. The lowest BCUT2D eigenvalue weighted by molar-refractivity contribution is 0.131. The van der Waals surface area contributed by atoms with Crippen molar-refractivity contribution in [3.05, 3.63) is 76.8 Å². The Labute approximate surface area is 148 Å². The predicted octanol–water partition coefficient (Wildman–Crippen LogP) is 4.07. The lowest BCUT2D eigenvalue weighted by Crippen LogP contribution is -2.43. The van der Waals surface area contributed by atoms with Gasteiger partial charge in [0.2, 0.25) is 0 Å². The molecule has 1 heterocycles. The molecule has 0 spiro atoms. The van der Waals surface area contributed by atoms with Crippen molar-refractivity contribution in [2.45, 2.75) is 6.54 Å². The molecule has 0 atom stereocenters. The zero-order valence-electron chi connectivity index (χ0n) is 13.7. The molecule has 2 aromatic rings. The maximum Gasteiger partial charge on any atom is 0.0657 e. The van der Waals surface area contributed by atoms with Crippen LogP contribution < -0.4 is 0 Å². The minimum atomic E-state index is 0.646. The molecule has 1 aliphatic rings. The Morgan fingerprint density at radius 3 is 2.21 bits per heavy atom. The summed E-state index contributed by atoms with van der Waals surface area (Å²) in [6.07, 6.45) is 3.66. The van der Waals surface area contributed by atoms with Crippen LogP contribution in [0.5, 0.6) is 0 Å². The number of hydrogen-bond donors (Lipinski definition) is 0. The average Bonchev–Trinajstić information content (AvgIpc) is 2.63. The molecule has 2 aromatic carbocycles. The van der Waals surface area contributed by atoms with Crippen molar-refractivity contribution < 1.29 is 0 Å². The first-order valence-corrected chi connectivity index (χ1v) is 8.65. The summed E-state index contributed by atoms with van der Waals surface area (Å²) in [5.74, 6) is 0. The number of nitrogens with zero attached hydrogens (tertiary/aromatic N) is 3. The van der Waals surface area contributed by atoms with Crippen LogP contribution in [0.15, 0.2) is 70.8 Å². The van der Waals surface area contributed by atoms with E-state index in [0.29, 0.717) is 5.03 Å². The number of hydrogen-bond acceptors (Lipinski definition) is 3. The summed E-state index contributed by atoms with van der Waals surface area (Å²) in [5, 5.41) is 7.23.